The van der Waals surface area contributed by atoms with Gasteiger partial charge in [-0.2, -0.15) is 18.2 Å². The van der Waals surface area contributed by atoms with Crippen molar-refractivity contribution >= 4 is 34.2 Å². The number of H-pyrrole nitrogens is 1. The van der Waals surface area contributed by atoms with Crippen LogP contribution in [0.3, 0.4) is 0 Å². The highest BCUT2D eigenvalue weighted by Crippen LogP contribution is 2.36. The van der Waals surface area contributed by atoms with Gasteiger partial charge in [0.1, 0.15) is 11.6 Å². The summed E-state index contributed by atoms with van der Waals surface area (Å²) in [4.78, 5) is 22.5. The fraction of sp³-hybridized carbons (Fsp3) is 0.261. The first-order chi connectivity index (χ1) is 16.2. The zero-order valence-corrected chi connectivity index (χ0v) is 18.0. The molecule has 1 aliphatic carbocycles. The van der Waals surface area contributed by atoms with Crippen LogP contribution in [0.25, 0.3) is 11.1 Å². The fourth-order valence-electron chi connectivity index (χ4n) is 3.51. The third-order valence-electron chi connectivity index (χ3n) is 5.50. The third kappa shape index (κ3) is 4.68. The lowest BCUT2D eigenvalue weighted by Crippen LogP contribution is -2.24. The highest BCUT2D eigenvalue weighted by Gasteiger charge is 2.32. The van der Waals surface area contributed by atoms with E-state index in [9.17, 15) is 18.0 Å². The highest BCUT2D eigenvalue weighted by molar-refractivity contribution is 5.78. The van der Waals surface area contributed by atoms with Crippen molar-refractivity contribution in [2.24, 2.45) is 0 Å². The summed E-state index contributed by atoms with van der Waals surface area (Å²) in [5, 5.41) is 5.98. The molecule has 4 aromatic rings. The zero-order chi connectivity index (χ0) is 23.9. The van der Waals surface area contributed by atoms with Crippen molar-refractivity contribution in [2.75, 3.05) is 10.6 Å². The number of halogens is 3. The van der Waals surface area contributed by atoms with Gasteiger partial charge in [0.25, 0.3) is 0 Å². The van der Waals surface area contributed by atoms with Crippen LogP contribution >= 0.6 is 0 Å². The monoisotopic (exact) mass is 471 g/mol. The molecule has 1 aliphatic rings. The summed E-state index contributed by atoms with van der Waals surface area (Å²) in [6.45, 7) is 1.79. The van der Waals surface area contributed by atoms with Gasteiger partial charge in [0.2, 0.25) is 5.95 Å². The Kier molecular flexibility index (Phi) is 5.39. The molecule has 11 heteroatoms. The summed E-state index contributed by atoms with van der Waals surface area (Å²) in [5.41, 5.74) is 1.62. The van der Waals surface area contributed by atoms with Crippen LogP contribution in [0.1, 0.15) is 30.4 Å². The number of nitrogens with one attached hydrogen (secondary N) is 3. The van der Waals surface area contributed by atoms with E-state index < -0.39 is 17.5 Å². The first-order valence-corrected chi connectivity index (χ1v) is 10.6. The van der Waals surface area contributed by atoms with Gasteiger partial charge in [0.05, 0.1) is 17.2 Å². The predicted molar refractivity (Wildman–Crippen MR) is 120 cm³/mol. The Labute approximate surface area is 191 Å². The quantitative estimate of drug-likeness (QED) is 0.333. The van der Waals surface area contributed by atoms with E-state index in [1.807, 2.05) is 0 Å². The number of ether oxygens (including phenoxy) is 1. The number of nitrogens with zero attached hydrogens (tertiary/aromatic N) is 2. The second-order valence-corrected chi connectivity index (χ2v) is 8.12. The van der Waals surface area contributed by atoms with E-state index >= 15 is 0 Å². The Bertz CT molecular complexity index is 1410. The average Bonchev–Trinajstić information content (AvgIpc) is 3.12. The van der Waals surface area contributed by atoms with Gasteiger partial charge in [-0.05, 0) is 56.5 Å². The van der Waals surface area contributed by atoms with E-state index in [4.69, 9.17) is 9.15 Å². The van der Waals surface area contributed by atoms with Crippen molar-refractivity contribution in [1.82, 2.24) is 15.0 Å². The van der Waals surface area contributed by atoms with Crippen LogP contribution in [0.2, 0.25) is 0 Å². The Morgan fingerprint density at radius 2 is 1.94 bits per heavy atom. The van der Waals surface area contributed by atoms with Gasteiger partial charge in [-0.25, -0.2) is 9.78 Å². The van der Waals surface area contributed by atoms with E-state index in [1.54, 1.807) is 31.3 Å². The first-order valence-electron chi connectivity index (χ1n) is 10.6. The van der Waals surface area contributed by atoms with Crippen LogP contribution in [0.15, 0.2) is 51.8 Å². The minimum absolute atomic E-state index is 0.0646. The first kappa shape index (κ1) is 21.8. The number of benzene rings is 2. The van der Waals surface area contributed by atoms with Crippen LogP contribution in [0, 0.1) is 6.92 Å². The standard InChI is InChI=1S/C23H20F3N5O3/c1-12-11-27-21(31-20(12)28-14-5-6-19-18(10-14)30-22(32)34-19)29-15-7-13(23(24,25)26)8-17(9-15)33-16-3-2-4-16/h5-11,16H,2-4H2,1H3,(H,30,32)(H2,27,28,29,31). The number of aryl methyl sites for hydroxylation is 1. The van der Waals surface area contributed by atoms with Gasteiger partial charge in [-0.3, -0.25) is 4.98 Å². The molecule has 3 N–H and O–H groups in total. The molecule has 2 aromatic carbocycles. The summed E-state index contributed by atoms with van der Waals surface area (Å²) in [7, 11) is 0. The number of aromatic amines is 1. The van der Waals surface area contributed by atoms with Gasteiger partial charge >= 0.3 is 11.9 Å². The summed E-state index contributed by atoms with van der Waals surface area (Å²) in [5.74, 6) is 0.147. The molecule has 0 unspecified atom stereocenters. The Balaban J connectivity index is 1.41. The predicted octanol–water partition coefficient (Wildman–Crippen LogP) is 5.66. The molecule has 5 rings (SSSR count). The number of oxazole rings is 1. The van der Waals surface area contributed by atoms with Gasteiger partial charge < -0.3 is 19.8 Å². The van der Waals surface area contributed by atoms with E-state index in [0.717, 1.165) is 31.4 Å². The molecule has 0 saturated heterocycles. The van der Waals surface area contributed by atoms with E-state index in [2.05, 4.69) is 25.6 Å². The molecule has 8 nitrogen and oxygen atoms in total. The lowest BCUT2D eigenvalue weighted by atomic mass is 9.96. The van der Waals surface area contributed by atoms with Crippen LogP contribution in [0.4, 0.5) is 36.3 Å². The van der Waals surface area contributed by atoms with Gasteiger partial charge in [-0.1, -0.05) is 0 Å². The zero-order valence-electron chi connectivity index (χ0n) is 18.0. The molecule has 0 bridgehead atoms. The minimum Gasteiger partial charge on any atom is -0.490 e. The maximum Gasteiger partial charge on any atom is 0.417 e. The molecule has 1 saturated carbocycles. The van der Waals surface area contributed by atoms with Gasteiger partial charge in [0, 0.05) is 29.2 Å². The van der Waals surface area contributed by atoms with Crippen molar-refractivity contribution < 1.29 is 22.3 Å². The largest absolute Gasteiger partial charge is 0.490 e. The van der Waals surface area contributed by atoms with E-state index in [-0.39, 0.29) is 23.5 Å². The van der Waals surface area contributed by atoms with Crippen LogP contribution in [-0.4, -0.2) is 21.1 Å². The molecule has 1 fully saturated rings. The number of alkyl halides is 3. The third-order valence-corrected chi connectivity index (χ3v) is 5.50. The number of hydrogen-bond acceptors (Lipinski definition) is 7. The molecule has 0 spiro atoms. The molecular formula is C23H20F3N5O3. The minimum atomic E-state index is -4.52. The number of fused-ring (bicyclic) bond motifs is 1. The smallest absolute Gasteiger partial charge is 0.417 e. The molecule has 0 atom stereocenters. The van der Waals surface area contributed by atoms with Gasteiger partial charge in [-0.15, -0.1) is 0 Å². The second-order valence-electron chi connectivity index (χ2n) is 8.12. The van der Waals surface area contributed by atoms with Crippen molar-refractivity contribution in [3.63, 3.8) is 0 Å². The van der Waals surface area contributed by atoms with Crippen molar-refractivity contribution in [3.8, 4) is 5.75 Å². The molecule has 0 aliphatic heterocycles. The molecule has 0 radical (unpaired) electrons. The lowest BCUT2D eigenvalue weighted by Gasteiger charge is -2.27. The van der Waals surface area contributed by atoms with Crippen LogP contribution < -0.4 is 21.1 Å². The Morgan fingerprint density at radius 3 is 2.68 bits per heavy atom. The molecule has 176 valence electrons. The summed E-state index contributed by atoms with van der Waals surface area (Å²) >= 11 is 0. The molecule has 34 heavy (non-hydrogen) atoms. The van der Waals surface area contributed by atoms with Crippen LogP contribution in [0.5, 0.6) is 5.75 Å². The summed E-state index contributed by atoms with van der Waals surface area (Å²) in [6.07, 6.45) is -0.379. The maximum atomic E-state index is 13.4. The van der Waals surface area contributed by atoms with E-state index in [1.165, 1.54) is 6.07 Å². The maximum absolute atomic E-state index is 13.4. The molecule has 2 aromatic heterocycles. The topological polar surface area (TPSA) is 105 Å². The Hall–Kier alpha value is -4.02. The van der Waals surface area contributed by atoms with Crippen molar-refractivity contribution in [1.29, 1.82) is 0 Å². The number of aromatic nitrogens is 3. The van der Waals surface area contributed by atoms with Crippen molar-refractivity contribution in [2.45, 2.75) is 38.5 Å². The van der Waals surface area contributed by atoms with Crippen molar-refractivity contribution in [3.05, 3.63) is 64.3 Å². The Morgan fingerprint density at radius 1 is 1.12 bits per heavy atom. The summed E-state index contributed by atoms with van der Waals surface area (Å²) in [6, 6.07) is 8.54. The number of rotatable bonds is 6. The van der Waals surface area contributed by atoms with Gasteiger partial charge in [0.15, 0.2) is 5.58 Å². The summed E-state index contributed by atoms with van der Waals surface area (Å²) < 4.78 is 51.0. The molecular weight excluding hydrogens is 451 g/mol. The second kappa shape index (κ2) is 8.40. The normalized spacial score (nSPS) is 14.1. The number of anilines is 4. The molecule has 2 heterocycles. The fourth-order valence-corrected chi connectivity index (χ4v) is 3.51. The highest BCUT2D eigenvalue weighted by atomic mass is 19.4. The van der Waals surface area contributed by atoms with Crippen LogP contribution in [-0.2, 0) is 6.18 Å². The lowest BCUT2D eigenvalue weighted by molar-refractivity contribution is -0.137. The SMILES string of the molecule is Cc1cnc(Nc2cc(OC3CCC3)cc(C(F)(F)F)c2)nc1Nc1ccc2oc(=O)[nH]c2c1. The van der Waals surface area contributed by atoms with E-state index in [0.29, 0.717) is 28.2 Å². The number of hydrogen-bond donors (Lipinski definition) is 3. The molecule has 0 amide bonds. The average molecular weight is 471 g/mol.